The van der Waals surface area contributed by atoms with Gasteiger partial charge in [0.15, 0.2) is 0 Å². The molecule has 0 aromatic heterocycles. The van der Waals surface area contributed by atoms with Crippen molar-refractivity contribution in [2.24, 2.45) is 0 Å². The molecule has 2 amide bonds. The molecule has 27 heavy (non-hydrogen) atoms. The quantitative estimate of drug-likeness (QED) is 0.383. The van der Waals surface area contributed by atoms with E-state index < -0.39 is 11.0 Å². The summed E-state index contributed by atoms with van der Waals surface area (Å²) < 4.78 is 0. The van der Waals surface area contributed by atoms with E-state index in [1.807, 2.05) is 0 Å². The average molecular weight is 406 g/mol. The smallest absolute Gasteiger partial charge is 0.323 e. The molecule has 0 aliphatic rings. The van der Waals surface area contributed by atoms with Gasteiger partial charge >= 0.3 is 6.03 Å². The third-order valence-corrected chi connectivity index (χ3v) is 4.54. The highest BCUT2D eigenvalue weighted by Gasteiger charge is 2.15. The summed E-state index contributed by atoms with van der Waals surface area (Å²) in [6.07, 6.45) is 0. The van der Waals surface area contributed by atoms with Crippen molar-refractivity contribution in [1.29, 1.82) is 0 Å². The second-order valence-corrected chi connectivity index (χ2v) is 6.60. The van der Waals surface area contributed by atoms with Gasteiger partial charge in [-0.1, -0.05) is 29.3 Å². The molecule has 0 spiro atoms. The Morgan fingerprint density at radius 2 is 1.78 bits per heavy atom. The Bertz CT molecular complexity index is 1090. The fraction of sp³-hybridized carbons (Fsp3) is 0.0556. The number of aromatic hydroxyl groups is 1. The van der Waals surface area contributed by atoms with Gasteiger partial charge in [0.05, 0.1) is 20.7 Å². The first kappa shape index (κ1) is 18.8. The minimum atomic E-state index is -0.651. The van der Waals surface area contributed by atoms with E-state index >= 15 is 0 Å². The van der Waals surface area contributed by atoms with Gasteiger partial charge in [0.1, 0.15) is 5.75 Å². The van der Waals surface area contributed by atoms with Crippen LogP contribution in [0.1, 0.15) is 5.56 Å². The highest BCUT2D eigenvalue weighted by atomic mass is 35.5. The first-order valence-electron chi connectivity index (χ1n) is 7.70. The maximum absolute atomic E-state index is 12.4. The van der Waals surface area contributed by atoms with E-state index in [0.717, 1.165) is 0 Å². The molecule has 0 aliphatic carbocycles. The highest BCUT2D eigenvalue weighted by molar-refractivity contribution is 6.41. The molecule has 0 aliphatic heterocycles. The van der Waals surface area contributed by atoms with Crippen LogP contribution in [0.5, 0.6) is 5.75 Å². The lowest BCUT2D eigenvalue weighted by Crippen LogP contribution is -2.20. The molecule has 9 heteroatoms. The zero-order chi connectivity index (χ0) is 19.7. The molecule has 3 aromatic rings. The molecule has 0 saturated carbocycles. The zero-order valence-electron chi connectivity index (χ0n) is 13.9. The van der Waals surface area contributed by atoms with E-state index in [0.29, 0.717) is 21.4 Å². The molecule has 0 radical (unpaired) electrons. The Morgan fingerprint density at radius 3 is 2.48 bits per heavy atom. The number of hydrogen-bond acceptors (Lipinski definition) is 4. The monoisotopic (exact) mass is 405 g/mol. The fourth-order valence-corrected chi connectivity index (χ4v) is 3.21. The number of carbonyl (C=O) groups is 1. The largest absolute Gasteiger partial charge is 0.508 e. The number of nitrogens with zero attached hydrogens (tertiary/aromatic N) is 1. The number of nitro groups is 1. The zero-order valence-corrected chi connectivity index (χ0v) is 15.4. The van der Waals surface area contributed by atoms with Crippen molar-refractivity contribution >= 4 is 57.1 Å². The number of phenols is 1. The van der Waals surface area contributed by atoms with Crippen LogP contribution in [0, 0.1) is 17.0 Å². The van der Waals surface area contributed by atoms with Gasteiger partial charge in [-0.05, 0) is 37.3 Å². The van der Waals surface area contributed by atoms with Gasteiger partial charge < -0.3 is 15.7 Å². The maximum atomic E-state index is 12.4. The molecule has 0 atom stereocenters. The first-order valence-corrected chi connectivity index (χ1v) is 8.45. The van der Waals surface area contributed by atoms with Gasteiger partial charge in [-0.25, -0.2) is 4.79 Å². The van der Waals surface area contributed by atoms with Crippen molar-refractivity contribution in [2.45, 2.75) is 6.92 Å². The number of anilines is 2. The molecule has 0 heterocycles. The predicted molar refractivity (Wildman–Crippen MR) is 106 cm³/mol. The number of aryl methyl sites for hydroxylation is 1. The number of nitro benzene ring substituents is 1. The van der Waals surface area contributed by atoms with Crippen LogP contribution in [-0.4, -0.2) is 16.1 Å². The van der Waals surface area contributed by atoms with Crippen LogP contribution in [0.25, 0.3) is 10.8 Å². The molecular formula is C18H13Cl2N3O4. The summed E-state index contributed by atoms with van der Waals surface area (Å²) >= 11 is 12.4. The molecule has 3 rings (SSSR count). The van der Waals surface area contributed by atoms with Crippen LogP contribution in [-0.2, 0) is 0 Å². The summed E-state index contributed by atoms with van der Waals surface area (Å²) in [5.74, 6) is -0.0153. The number of carbonyl (C=O) groups excluding carboxylic acids is 1. The molecule has 7 nitrogen and oxygen atoms in total. The SMILES string of the molecule is Cc1ccc(NC(=O)Nc2c(Cl)cc(Cl)c3ccc(O)cc23)cc1[N+](=O)[O-]. The predicted octanol–water partition coefficient (Wildman–Crippen LogP) is 5.71. The average Bonchev–Trinajstić information content (AvgIpc) is 2.59. The Kier molecular flexibility index (Phi) is 5.07. The van der Waals surface area contributed by atoms with Gasteiger partial charge in [0.2, 0.25) is 0 Å². The number of benzene rings is 3. The second kappa shape index (κ2) is 7.30. The summed E-state index contributed by atoms with van der Waals surface area (Å²) in [7, 11) is 0. The molecule has 3 aromatic carbocycles. The van der Waals surface area contributed by atoms with E-state index in [-0.39, 0.29) is 27.8 Å². The molecule has 0 saturated heterocycles. The Balaban J connectivity index is 1.92. The molecule has 3 N–H and O–H groups in total. The number of urea groups is 1. The number of halogens is 2. The van der Waals surface area contributed by atoms with E-state index in [4.69, 9.17) is 23.2 Å². The standard InChI is InChI=1S/C18H13Cl2N3O4/c1-9-2-3-10(6-16(9)23(26)27)21-18(25)22-17-13-7-11(24)4-5-12(13)14(19)8-15(17)20/h2-8,24H,1H3,(H2,21,22,25). The number of nitrogens with one attached hydrogen (secondary N) is 2. The van der Waals surface area contributed by atoms with Crippen molar-refractivity contribution in [2.75, 3.05) is 10.6 Å². The summed E-state index contributed by atoms with van der Waals surface area (Å²) in [6.45, 7) is 1.61. The van der Waals surface area contributed by atoms with Crippen molar-refractivity contribution in [1.82, 2.24) is 0 Å². The molecule has 0 unspecified atom stereocenters. The summed E-state index contributed by atoms with van der Waals surface area (Å²) in [4.78, 5) is 22.9. The molecule has 138 valence electrons. The third-order valence-electron chi connectivity index (χ3n) is 3.92. The van der Waals surface area contributed by atoms with Gasteiger partial charge in [0.25, 0.3) is 5.69 Å². The van der Waals surface area contributed by atoms with E-state index in [9.17, 15) is 20.0 Å². The lowest BCUT2D eigenvalue weighted by Gasteiger charge is -2.13. The lowest BCUT2D eigenvalue weighted by molar-refractivity contribution is -0.385. The van der Waals surface area contributed by atoms with Crippen molar-refractivity contribution < 1.29 is 14.8 Å². The van der Waals surface area contributed by atoms with E-state index in [1.54, 1.807) is 19.1 Å². The minimum Gasteiger partial charge on any atom is -0.508 e. The Morgan fingerprint density at radius 1 is 1.04 bits per heavy atom. The molecule has 0 bridgehead atoms. The van der Waals surface area contributed by atoms with Crippen LogP contribution in [0.15, 0.2) is 42.5 Å². The second-order valence-electron chi connectivity index (χ2n) is 5.78. The number of fused-ring (bicyclic) bond motifs is 1. The van der Waals surface area contributed by atoms with Crippen molar-refractivity contribution in [3.05, 3.63) is 68.2 Å². The van der Waals surface area contributed by atoms with E-state index in [1.165, 1.54) is 30.3 Å². The Labute approximate surface area is 163 Å². The summed E-state index contributed by atoms with van der Waals surface area (Å²) in [6, 6.07) is 9.69. The van der Waals surface area contributed by atoms with Crippen LogP contribution >= 0.6 is 23.2 Å². The normalized spacial score (nSPS) is 10.6. The highest BCUT2D eigenvalue weighted by Crippen LogP contribution is 2.38. The van der Waals surface area contributed by atoms with Gasteiger partial charge in [0, 0.05) is 28.1 Å². The number of rotatable bonds is 3. The van der Waals surface area contributed by atoms with E-state index in [2.05, 4.69) is 10.6 Å². The van der Waals surface area contributed by atoms with Gasteiger partial charge in [-0.2, -0.15) is 0 Å². The van der Waals surface area contributed by atoms with Crippen LogP contribution in [0.4, 0.5) is 21.9 Å². The summed E-state index contributed by atoms with van der Waals surface area (Å²) in [5.41, 5.74) is 0.883. The van der Waals surface area contributed by atoms with Crippen LogP contribution in [0.3, 0.4) is 0 Å². The number of amides is 2. The maximum Gasteiger partial charge on any atom is 0.323 e. The van der Waals surface area contributed by atoms with Crippen LogP contribution in [0.2, 0.25) is 10.0 Å². The first-order chi connectivity index (χ1) is 12.8. The van der Waals surface area contributed by atoms with Crippen molar-refractivity contribution in [3.63, 3.8) is 0 Å². The van der Waals surface area contributed by atoms with Crippen molar-refractivity contribution in [3.8, 4) is 5.75 Å². The molecule has 0 fully saturated rings. The van der Waals surface area contributed by atoms with Gasteiger partial charge in [-0.15, -0.1) is 0 Å². The topological polar surface area (TPSA) is 104 Å². The molecular weight excluding hydrogens is 393 g/mol. The lowest BCUT2D eigenvalue weighted by atomic mass is 10.1. The van der Waals surface area contributed by atoms with Gasteiger partial charge in [-0.3, -0.25) is 10.1 Å². The number of hydrogen-bond donors (Lipinski definition) is 3. The summed E-state index contributed by atoms with van der Waals surface area (Å²) in [5, 5.41) is 27.5. The third kappa shape index (κ3) is 3.89. The van der Waals surface area contributed by atoms with Crippen LogP contribution < -0.4 is 10.6 Å². The number of phenolic OH excluding ortho intramolecular Hbond substituents is 1. The minimum absolute atomic E-state index is 0.0153. The fourth-order valence-electron chi connectivity index (χ4n) is 2.62. The Hall–Kier alpha value is -3.03.